The number of hydrogen-bond acceptors (Lipinski definition) is 6. The lowest BCUT2D eigenvalue weighted by Gasteiger charge is -2.29. The summed E-state index contributed by atoms with van der Waals surface area (Å²) in [7, 11) is 0. The minimum atomic E-state index is -0.685. The summed E-state index contributed by atoms with van der Waals surface area (Å²) in [5.74, 6) is -0.155. The number of H-pyrrole nitrogens is 1. The van der Waals surface area contributed by atoms with E-state index in [0.717, 1.165) is 12.8 Å². The van der Waals surface area contributed by atoms with Gasteiger partial charge in [0.1, 0.15) is 5.82 Å². The van der Waals surface area contributed by atoms with E-state index in [1.807, 2.05) is 20.8 Å². The number of amides is 2. The van der Waals surface area contributed by atoms with Gasteiger partial charge < -0.3 is 16.4 Å². The van der Waals surface area contributed by atoms with E-state index in [1.54, 1.807) is 4.90 Å². The first-order valence-electron chi connectivity index (χ1n) is 12.6. The van der Waals surface area contributed by atoms with Gasteiger partial charge in [-0.15, -0.1) is 0 Å². The highest BCUT2D eigenvalue weighted by Gasteiger charge is 2.26. The zero-order valence-electron chi connectivity index (χ0n) is 21.0. The molecule has 5 N–H and O–H groups in total. The summed E-state index contributed by atoms with van der Waals surface area (Å²) >= 11 is 0. The molecule has 1 fully saturated rings. The highest BCUT2D eigenvalue weighted by atomic mass is 16.2. The van der Waals surface area contributed by atoms with Gasteiger partial charge in [-0.3, -0.25) is 28.8 Å². The van der Waals surface area contributed by atoms with Crippen molar-refractivity contribution in [3.05, 3.63) is 20.8 Å². The normalized spacial score (nSPS) is 14.6. The van der Waals surface area contributed by atoms with Crippen LogP contribution in [0.4, 0.5) is 11.5 Å². The molecule has 1 heterocycles. The number of carbonyl (C=O) groups is 2. The van der Waals surface area contributed by atoms with Gasteiger partial charge in [-0.1, -0.05) is 59.3 Å². The van der Waals surface area contributed by atoms with Crippen LogP contribution in [0.3, 0.4) is 0 Å². The quantitative estimate of drug-likeness (QED) is 0.393. The Kier molecular flexibility index (Phi) is 10.8. The second-order valence-electron chi connectivity index (χ2n) is 9.87. The number of hydrogen-bond donors (Lipinski definition) is 3. The molecule has 0 atom stereocenters. The summed E-state index contributed by atoms with van der Waals surface area (Å²) < 4.78 is 1.30. The minimum Gasteiger partial charge on any atom is -0.383 e. The van der Waals surface area contributed by atoms with E-state index < -0.39 is 17.2 Å². The molecule has 1 aliphatic carbocycles. The fourth-order valence-electron chi connectivity index (χ4n) is 4.61. The molecule has 0 saturated heterocycles. The summed E-state index contributed by atoms with van der Waals surface area (Å²) in [6, 6.07) is 0. The highest BCUT2D eigenvalue weighted by Crippen LogP contribution is 2.26. The van der Waals surface area contributed by atoms with Crippen LogP contribution in [0.5, 0.6) is 0 Å². The fourth-order valence-corrected chi connectivity index (χ4v) is 4.61. The molecule has 1 aliphatic rings. The van der Waals surface area contributed by atoms with E-state index in [-0.39, 0.29) is 43.0 Å². The molecule has 2 amide bonds. The second kappa shape index (κ2) is 13.3. The third kappa shape index (κ3) is 8.00. The monoisotopic (exact) mass is 478 g/mol. The fraction of sp³-hybridized carbons (Fsp3) is 0.750. The van der Waals surface area contributed by atoms with Gasteiger partial charge in [0.05, 0.1) is 13.1 Å². The van der Waals surface area contributed by atoms with Gasteiger partial charge in [-0.05, 0) is 31.2 Å². The van der Waals surface area contributed by atoms with E-state index in [0.29, 0.717) is 25.4 Å². The van der Waals surface area contributed by atoms with Crippen molar-refractivity contribution in [1.82, 2.24) is 14.5 Å². The van der Waals surface area contributed by atoms with Gasteiger partial charge in [0.15, 0.2) is 5.69 Å². The van der Waals surface area contributed by atoms with E-state index >= 15 is 0 Å². The van der Waals surface area contributed by atoms with Crippen LogP contribution >= 0.6 is 0 Å². The predicted octanol–water partition coefficient (Wildman–Crippen LogP) is 1.67. The van der Waals surface area contributed by atoms with Crippen LogP contribution in [0.25, 0.3) is 0 Å². The molecule has 1 aromatic rings. The Morgan fingerprint density at radius 3 is 2.38 bits per heavy atom. The molecule has 10 heteroatoms. The first-order chi connectivity index (χ1) is 16.1. The van der Waals surface area contributed by atoms with Crippen LogP contribution in [0.15, 0.2) is 9.59 Å². The van der Waals surface area contributed by atoms with Gasteiger partial charge in [0.2, 0.25) is 11.8 Å². The lowest BCUT2D eigenvalue weighted by atomic mass is 9.87. The van der Waals surface area contributed by atoms with Gasteiger partial charge in [-0.25, -0.2) is 4.79 Å². The van der Waals surface area contributed by atoms with E-state index in [4.69, 9.17) is 11.5 Å². The molecule has 34 heavy (non-hydrogen) atoms. The Hall–Kier alpha value is -2.62. The molecule has 1 aromatic heterocycles. The molecule has 192 valence electrons. The zero-order chi connectivity index (χ0) is 25.3. The highest BCUT2D eigenvalue weighted by molar-refractivity contribution is 5.97. The first kappa shape index (κ1) is 27.6. The van der Waals surface area contributed by atoms with Gasteiger partial charge in [0, 0.05) is 13.1 Å². The van der Waals surface area contributed by atoms with Gasteiger partial charge in [-0.2, -0.15) is 0 Å². The van der Waals surface area contributed by atoms with Crippen molar-refractivity contribution in [2.75, 3.05) is 36.8 Å². The molecular formula is C24H42N6O4. The van der Waals surface area contributed by atoms with E-state index in [1.165, 1.54) is 41.6 Å². The smallest absolute Gasteiger partial charge is 0.330 e. The number of anilines is 2. The maximum absolute atomic E-state index is 13.5. The summed E-state index contributed by atoms with van der Waals surface area (Å²) in [6.45, 7) is 6.96. The largest absolute Gasteiger partial charge is 0.383 e. The van der Waals surface area contributed by atoms with Crippen molar-refractivity contribution in [1.29, 1.82) is 0 Å². The Bertz CT molecular complexity index is 932. The predicted molar refractivity (Wildman–Crippen MR) is 135 cm³/mol. The summed E-state index contributed by atoms with van der Waals surface area (Å²) in [4.78, 5) is 55.7. The minimum absolute atomic E-state index is 0.00925. The van der Waals surface area contributed by atoms with Crippen LogP contribution in [0, 0.1) is 11.8 Å². The number of nitrogens with one attached hydrogen (secondary N) is 1. The Morgan fingerprint density at radius 1 is 1.12 bits per heavy atom. The summed E-state index contributed by atoms with van der Waals surface area (Å²) in [5, 5.41) is 0. The van der Waals surface area contributed by atoms with Crippen molar-refractivity contribution >= 4 is 23.3 Å². The molecule has 0 radical (unpaired) electrons. The van der Waals surface area contributed by atoms with Crippen LogP contribution < -0.4 is 27.6 Å². The summed E-state index contributed by atoms with van der Waals surface area (Å²) in [5.41, 5.74) is 10.4. The molecule has 10 nitrogen and oxygen atoms in total. The topological polar surface area (TPSA) is 148 Å². The number of carbonyl (C=O) groups excluding carboxylic acids is 2. The van der Waals surface area contributed by atoms with Crippen molar-refractivity contribution < 1.29 is 9.59 Å². The van der Waals surface area contributed by atoms with E-state index in [2.05, 4.69) is 4.98 Å². The van der Waals surface area contributed by atoms with Gasteiger partial charge >= 0.3 is 5.69 Å². The van der Waals surface area contributed by atoms with Crippen molar-refractivity contribution in [3.63, 3.8) is 0 Å². The summed E-state index contributed by atoms with van der Waals surface area (Å²) in [6.07, 6.45) is 8.41. The SMILES string of the molecule is CCCCN(C(=O)CN(CCC1CCCCC1)CC(N)=O)c1c(N)n(CC(C)C)c(=O)[nH]c1=O. The van der Waals surface area contributed by atoms with Gasteiger partial charge in [0.25, 0.3) is 5.56 Å². The van der Waals surface area contributed by atoms with Crippen LogP contribution in [0.2, 0.25) is 0 Å². The number of aromatic amines is 1. The number of unbranched alkanes of at least 4 members (excludes halogenated alkanes) is 1. The molecule has 2 rings (SSSR count). The molecule has 0 unspecified atom stereocenters. The van der Waals surface area contributed by atoms with E-state index in [9.17, 15) is 19.2 Å². The van der Waals surface area contributed by atoms with Crippen molar-refractivity contribution in [2.24, 2.45) is 17.6 Å². The number of aromatic nitrogens is 2. The number of primary amides is 1. The standard InChI is InChI=1S/C24H42N6O4/c1-4-5-12-29(21-22(26)30(14-17(2)3)24(34)27-23(21)33)20(32)16-28(15-19(25)31)13-11-18-9-7-6-8-10-18/h17-18H,4-16,26H2,1-3H3,(H2,25,31)(H,27,33,34). The molecular weight excluding hydrogens is 436 g/mol. The Morgan fingerprint density at radius 2 is 1.79 bits per heavy atom. The zero-order valence-corrected chi connectivity index (χ0v) is 21.0. The Balaban J connectivity index is 2.30. The molecule has 0 aliphatic heterocycles. The maximum Gasteiger partial charge on any atom is 0.330 e. The average Bonchev–Trinajstić information content (AvgIpc) is 2.77. The van der Waals surface area contributed by atoms with Crippen LogP contribution in [-0.2, 0) is 16.1 Å². The lowest BCUT2D eigenvalue weighted by molar-refractivity contribution is -0.122. The van der Waals surface area contributed by atoms with Crippen molar-refractivity contribution in [3.8, 4) is 0 Å². The average molecular weight is 479 g/mol. The molecule has 1 saturated carbocycles. The Labute approximate surface area is 201 Å². The van der Waals surface area contributed by atoms with Crippen molar-refractivity contribution in [2.45, 2.75) is 78.7 Å². The third-order valence-corrected chi connectivity index (χ3v) is 6.38. The maximum atomic E-state index is 13.5. The molecule has 0 bridgehead atoms. The number of nitrogen functional groups attached to an aromatic ring is 1. The lowest BCUT2D eigenvalue weighted by Crippen LogP contribution is -2.47. The molecule has 0 aromatic carbocycles. The van der Waals surface area contributed by atoms with Crippen LogP contribution in [-0.4, -0.2) is 52.4 Å². The number of rotatable bonds is 13. The second-order valence-corrected chi connectivity index (χ2v) is 9.87. The molecule has 0 spiro atoms. The number of nitrogens with two attached hydrogens (primary N) is 2. The third-order valence-electron chi connectivity index (χ3n) is 6.38. The first-order valence-corrected chi connectivity index (χ1v) is 12.6. The number of nitrogens with zero attached hydrogens (tertiary/aromatic N) is 3. The van der Waals surface area contributed by atoms with Crippen LogP contribution in [0.1, 0.15) is 72.1 Å².